The highest BCUT2D eigenvalue weighted by atomic mass is 35.5. The van der Waals surface area contributed by atoms with E-state index in [0.717, 1.165) is 5.75 Å². The van der Waals surface area contributed by atoms with Crippen LogP contribution in [-0.4, -0.2) is 38.2 Å². The van der Waals surface area contributed by atoms with Gasteiger partial charge in [-0.2, -0.15) is 0 Å². The Labute approximate surface area is 165 Å². The van der Waals surface area contributed by atoms with Crippen LogP contribution < -0.4 is 14.8 Å². The van der Waals surface area contributed by atoms with Crippen molar-refractivity contribution in [3.05, 3.63) is 58.6 Å². The Morgan fingerprint density at radius 2 is 1.64 bits per heavy atom. The molecule has 0 saturated heterocycles. The zero-order valence-electron chi connectivity index (χ0n) is 15.0. The van der Waals surface area contributed by atoms with Gasteiger partial charge >= 0.3 is 5.97 Å². The Morgan fingerprint density at radius 3 is 2.29 bits per heavy atom. The molecule has 9 heteroatoms. The molecule has 2 aromatic rings. The fourth-order valence-corrected chi connectivity index (χ4v) is 2.32. The normalized spacial score (nSPS) is 10.3. The summed E-state index contributed by atoms with van der Waals surface area (Å²) in [7, 11) is 0. The molecule has 0 radical (unpaired) electrons. The molecule has 0 aliphatic carbocycles. The molecule has 0 unspecified atom stereocenters. The van der Waals surface area contributed by atoms with Crippen LogP contribution in [0.3, 0.4) is 0 Å². The third kappa shape index (κ3) is 6.38. The molecule has 0 aliphatic rings. The number of ether oxygens (including phenoxy) is 3. The van der Waals surface area contributed by atoms with Gasteiger partial charge in [0.15, 0.2) is 18.2 Å². The summed E-state index contributed by atoms with van der Waals surface area (Å²) in [4.78, 5) is 23.5. The third-order valence-electron chi connectivity index (χ3n) is 3.39. The Hall–Kier alpha value is -2.87. The van der Waals surface area contributed by atoms with E-state index >= 15 is 0 Å². The Bertz CT molecular complexity index is 830. The lowest BCUT2D eigenvalue weighted by Crippen LogP contribution is -2.32. The van der Waals surface area contributed by atoms with Crippen molar-refractivity contribution >= 4 is 23.5 Å². The number of rotatable bonds is 9. The smallest absolute Gasteiger partial charge is 0.340 e. The number of carbonyl (C=O) groups is 2. The average Bonchev–Trinajstić information content (AvgIpc) is 2.67. The summed E-state index contributed by atoms with van der Waals surface area (Å²) in [5.41, 5.74) is -0.368. The van der Waals surface area contributed by atoms with Crippen LogP contribution in [0.2, 0.25) is 5.02 Å². The fourth-order valence-electron chi connectivity index (χ4n) is 2.10. The maximum Gasteiger partial charge on any atom is 0.340 e. The second-order valence-electron chi connectivity index (χ2n) is 5.43. The zero-order valence-corrected chi connectivity index (χ0v) is 15.7. The van der Waals surface area contributed by atoms with Gasteiger partial charge in [0.25, 0.3) is 5.91 Å². The van der Waals surface area contributed by atoms with E-state index in [1.54, 1.807) is 24.3 Å². The molecule has 28 heavy (non-hydrogen) atoms. The number of carbonyl (C=O) groups excluding carboxylic acids is 2. The van der Waals surface area contributed by atoms with Crippen molar-refractivity contribution in [2.75, 3.05) is 26.4 Å². The molecule has 0 bridgehead atoms. The van der Waals surface area contributed by atoms with Gasteiger partial charge in [-0.3, -0.25) is 4.79 Å². The molecule has 1 amide bonds. The second kappa shape index (κ2) is 10.5. The molecule has 6 nitrogen and oxygen atoms in total. The Kier molecular flexibility index (Phi) is 8.01. The minimum absolute atomic E-state index is 0.176. The largest absolute Gasteiger partial charge is 0.494 e. The van der Waals surface area contributed by atoms with E-state index in [1.807, 2.05) is 6.92 Å². The highest BCUT2D eigenvalue weighted by Crippen LogP contribution is 2.21. The van der Waals surface area contributed by atoms with Crippen LogP contribution in [0, 0.1) is 11.6 Å². The maximum absolute atomic E-state index is 13.2. The van der Waals surface area contributed by atoms with Crippen molar-refractivity contribution < 1.29 is 32.6 Å². The van der Waals surface area contributed by atoms with Crippen molar-refractivity contribution in [1.82, 2.24) is 5.32 Å². The average molecular weight is 414 g/mol. The predicted octanol–water partition coefficient (Wildman–Crippen LogP) is 3.37. The van der Waals surface area contributed by atoms with Gasteiger partial charge in [0, 0.05) is 0 Å². The van der Waals surface area contributed by atoms with E-state index in [0.29, 0.717) is 24.5 Å². The molecule has 1 N–H and O–H groups in total. The first-order chi connectivity index (χ1) is 13.4. The highest BCUT2D eigenvalue weighted by Gasteiger charge is 2.17. The first kappa shape index (κ1) is 21.4. The van der Waals surface area contributed by atoms with Gasteiger partial charge in [-0.25, -0.2) is 13.6 Å². The molecule has 0 atom stereocenters. The number of esters is 1. The summed E-state index contributed by atoms with van der Waals surface area (Å²) < 4.78 is 41.7. The quantitative estimate of drug-likeness (QED) is 0.387. The lowest BCUT2D eigenvalue weighted by molar-refractivity contribution is -0.124. The van der Waals surface area contributed by atoms with E-state index < -0.39 is 30.1 Å². The number of amides is 1. The number of hydrogen-bond donors (Lipinski definition) is 1. The van der Waals surface area contributed by atoms with E-state index in [-0.39, 0.29) is 23.7 Å². The van der Waals surface area contributed by atoms with Crippen LogP contribution in [-0.2, 0) is 9.53 Å². The Morgan fingerprint density at radius 1 is 1.04 bits per heavy atom. The van der Waals surface area contributed by atoms with E-state index in [1.165, 1.54) is 0 Å². The summed E-state index contributed by atoms with van der Waals surface area (Å²) in [5, 5.41) is 2.18. The molecule has 2 aromatic carbocycles. The SMILES string of the molecule is CCOc1ccc(OCCNC(=O)COC(=O)c2cc(F)c(F)cc2Cl)cc1. The van der Waals surface area contributed by atoms with E-state index in [4.69, 9.17) is 25.8 Å². The van der Waals surface area contributed by atoms with Gasteiger partial charge < -0.3 is 19.5 Å². The molecule has 0 aromatic heterocycles. The Balaban J connectivity index is 1.70. The summed E-state index contributed by atoms with van der Waals surface area (Å²) >= 11 is 5.67. The van der Waals surface area contributed by atoms with Gasteiger partial charge in [0.05, 0.1) is 23.7 Å². The van der Waals surface area contributed by atoms with Gasteiger partial charge in [-0.1, -0.05) is 11.6 Å². The maximum atomic E-state index is 13.2. The monoisotopic (exact) mass is 413 g/mol. The van der Waals surface area contributed by atoms with Gasteiger partial charge in [0.1, 0.15) is 18.1 Å². The highest BCUT2D eigenvalue weighted by molar-refractivity contribution is 6.33. The van der Waals surface area contributed by atoms with Crippen molar-refractivity contribution in [1.29, 1.82) is 0 Å². The predicted molar refractivity (Wildman–Crippen MR) is 97.8 cm³/mol. The van der Waals surface area contributed by atoms with E-state index in [2.05, 4.69) is 5.32 Å². The molecular weight excluding hydrogens is 396 g/mol. The number of halogens is 3. The van der Waals surface area contributed by atoms with Gasteiger partial charge in [-0.05, 0) is 43.3 Å². The van der Waals surface area contributed by atoms with Crippen LogP contribution in [0.5, 0.6) is 11.5 Å². The lowest BCUT2D eigenvalue weighted by Gasteiger charge is -2.09. The number of hydrogen-bond acceptors (Lipinski definition) is 5. The number of benzene rings is 2. The molecule has 2 rings (SSSR count). The minimum Gasteiger partial charge on any atom is -0.494 e. The molecule has 0 aliphatic heterocycles. The summed E-state index contributed by atoms with van der Waals surface area (Å²) in [5.74, 6) is -2.71. The fraction of sp³-hybridized carbons (Fsp3) is 0.263. The van der Waals surface area contributed by atoms with Crippen LogP contribution in [0.1, 0.15) is 17.3 Å². The third-order valence-corrected chi connectivity index (χ3v) is 3.70. The molecule has 0 heterocycles. The summed E-state index contributed by atoms with van der Waals surface area (Å²) in [6.45, 7) is 2.23. The van der Waals surface area contributed by atoms with Gasteiger partial charge in [0.2, 0.25) is 0 Å². The second-order valence-corrected chi connectivity index (χ2v) is 5.83. The molecule has 0 saturated carbocycles. The zero-order chi connectivity index (χ0) is 20.5. The van der Waals surface area contributed by atoms with Crippen LogP contribution >= 0.6 is 11.6 Å². The summed E-state index contributed by atoms with van der Waals surface area (Å²) in [6.07, 6.45) is 0. The number of nitrogens with one attached hydrogen (secondary N) is 1. The van der Waals surface area contributed by atoms with Crippen LogP contribution in [0.15, 0.2) is 36.4 Å². The molecule has 0 spiro atoms. The van der Waals surface area contributed by atoms with Gasteiger partial charge in [-0.15, -0.1) is 0 Å². The topological polar surface area (TPSA) is 73.9 Å². The van der Waals surface area contributed by atoms with E-state index in [9.17, 15) is 18.4 Å². The van der Waals surface area contributed by atoms with Crippen molar-refractivity contribution in [3.8, 4) is 11.5 Å². The van der Waals surface area contributed by atoms with Crippen molar-refractivity contribution in [3.63, 3.8) is 0 Å². The lowest BCUT2D eigenvalue weighted by atomic mass is 10.2. The standard InChI is InChI=1S/C19H18ClF2NO5/c1-2-26-12-3-5-13(6-4-12)27-8-7-23-18(24)11-28-19(25)14-9-16(21)17(22)10-15(14)20/h3-6,9-10H,2,7-8,11H2,1H3,(H,23,24). The molecular formula is C19H18ClF2NO5. The first-order valence-corrected chi connectivity index (χ1v) is 8.72. The molecule has 150 valence electrons. The first-order valence-electron chi connectivity index (χ1n) is 8.34. The van der Waals surface area contributed by atoms with Crippen molar-refractivity contribution in [2.45, 2.75) is 6.92 Å². The van der Waals surface area contributed by atoms with Crippen LogP contribution in [0.4, 0.5) is 8.78 Å². The van der Waals surface area contributed by atoms with Crippen molar-refractivity contribution in [2.24, 2.45) is 0 Å². The molecule has 0 fully saturated rings. The van der Waals surface area contributed by atoms with Crippen LogP contribution in [0.25, 0.3) is 0 Å². The minimum atomic E-state index is -1.24. The summed E-state index contributed by atoms with van der Waals surface area (Å²) in [6, 6.07) is 8.27.